The van der Waals surface area contributed by atoms with Crippen molar-refractivity contribution in [3.8, 4) is 5.75 Å². The summed E-state index contributed by atoms with van der Waals surface area (Å²) in [5.74, 6) is -0.0127. The van der Waals surface area contributed by atoms with E-state index in [1.807, 2.05) is 4.90 Å². The van der Waals surface area contributed by atoms with Gasteiger partial charge in [0.2, 0.25) is 5.91 Å². The lowest BCUT2D eigenvalue weighted by molar-refractivity contribution is -0.274. The number of hydrogen-bond donors (Lipinski definition) is 0. The standard InChI is InChI=1S/C23H26F3N3O4/c24-23(25,26)33-19-5-3-17(4-6-19)16-27-11-13-29(14-12-27)21(30)18-7-9-28(10-8-18)22(31)20-2-1-15-32-20/h1-6,15,18H,7-14,16H2. The minimum Gasteiger partial charge on any atom is -0.459 e. The molecule has 0 saturated carbocycles. The van der Waals surface area contributed by atoms with E-state index in [0.717, 1.165) is 5.56 Å². The van der Waals surface area contributed by atoms with Gasteiger partial charge >= 0.3 is 6.36 Å². The van der Waals surface area contributed by atoms with Gasteiger partial charge in [0, 0.05) is 51.7 Å². The molecule has 2 amide bonds. The van der Waals surface area contributed by atoms with Crippen molar-refractivity contribution in [1.82, 2.24) is 14.7 Å². The number of halogens is 3. The Kier molecular flexibility index (Phi) is 6.92. The Morgan fingerprint density at radius 2 is 1.61 bits per heavy atom. The average molecular weight is 465 g/mol. The molecule has 0 atom stereocenters. The fraction of sp³-hybridized carbons (Fsp3) is 0.478. The number of carbonyl (C=O) groups excluding carboxylic acids is 2. The molecule has 178 valence electrons. The number of alkyl halides is 3. The molecule has 0 bridgehead atoms. The van der Waals surface area contributed by atoms with Crippen LogP contribution in [-0.4, -0.2) is 72.1 Å². The maximum absolute atomic E-state index is 13.0. The zero-order valence-electron chi connectivity index (χ0n) is 18.1. The number of amides is 2. The molecule has 0 spiro atoms. The largest absolute Gasteiger partial charge is 0.573 e. The number of piperidine rings is 1. The number of ether oxygens (including phenoxy) is 1. The van der Waals surface area contributed by atoms with Gasteiger partial charge in [-0.1, -0.05) is 12.1 Å². The van der Waals surface area contributed by atoms with Crippen LogP contribution in [0.4, 0.5) is 13.2 Å². The first kappa shape index (κ1) is 23.2. The van der Waals surface area contributed by atoms with E-state index in [0.29, 0.717) is 64.4 Å². The molecule has 1 aromatic carbocycles. The van der Waals surface area contributed by atoms with Crippen molar-refractivity contribution in [3.63, 3.8) is 0 Å². The van der Waals surface area contributed by atoms with Gasteiger partial charge in [-0.2, -0.15) is 0 Å². The summed E-state index contributed by atoms with van der Waals surface area (Å²) in [6.07, 6.45) is -1.95. The van der Waals surface area contributed by atoms with Crippen LogP contribution in [0.3, 0.4) is 0 Å². The normalized spacial score (nSPS) is 18.4. The number of hydrogen-bond acceptors (Lipinski definition) is 5. The molecule has 0 aliphatic carbocycles. The van der Waals surface area contributed by atoms with Crippen molar-refractivity contribution in [2.75, 3.05) is 39.3 Å². The highest BCUT2D eigenvalue weighted by molar-refractivity contribution is 5.91. The second-order valence-electron chi connectivity index (χ2n) is 8.34. The zero-order chi connectivity index (χ0) is 23.4. The van der Waals surface area contributed by atoms with Gasteiger partial charge in [0.1, 0.15) is 5.75 Å². The fourth-order valence-corrected chi connectivity index (χ4v) is 4.32. The topological polar surface area (TPSA) is 66.2 Å². The first-order valence-corrected chi connectivity index (χ1v) is 11.0. The van der Waals surface area contributed by atoms with E-state index in [2.05, 4.69) is 9.64 Å². The number of likely N-dealkylation sites (tertiary alicyclic amines) is 1. The van der Waals surface area contributed by atoms with Crippen molar-refractivity contribution in [1.29, 1.82) is 0 Å². The van der Waals surface area contributed by atoms with Crippen LogP contribution in [-0.2, 0) is 11.3 Å². The minimum atomic E-state index is -4.70. The molecule has 2 aromatic rings. The first-order chi connectivity index (χ1) is 15.8. The molecule has 7 nitrogen and oxygen atoms in total. The van der Waals surface area contributed by atoms with Crippen LogP contribution < -0.4 is 4.74 Å². The number of furan rings is 1. The van der Waals surface area contributed by atoms with E-state index in [4.69, 9.17) is 4.42 Å². The maximum atomic E-state index is 13.0. The van der Waals surface area contributed by atoms with Crippen LogP contribution in [0.15, 0.2) is 47.1 Å². The smallest absolute Gasteiger partial charge is 0.459 e. The summed E-state index contributed by atoms with van der Waals surface area (Å²) in [5, 5.41) is 0. The van der Waals surface area contributed by atoms with Crippen molar-refractivity contribution >= 4 is 11.8 Å². The van der Waals surface area contributed by atoms with E-state index in [-0.39, 0.29) is 23.5 Å². The molecule has 2 aliphatic rings. The van der Waals surface area contributed by atoms with Gasteiger partial charge in [-0.25, -0.2) is 0 Å². The van der Waals surface area contributed by atoms with E-state index >= 15 is 0 Å². The van der Waals surface area contributed by atoms with Crippen LogP contribution in [0.1, 0.15) is 29.0 Å². The van der Waals surface area contributed by atoms with Gasteiger partial charge < -0.3 is 19.0 Å². The quantitative estimate of drug-likeness (QED) is 0.678. The third-order valence-corrected chi connectivity index (χ3v) is 6.11. The third kappa shape index (κ3) is 6.07. The van der Waals surface area contributed by atoms with Crippen molar-refractivity contribution in [3.05, 3.63) is 54.0 Å². The van der Waals surface area contributed by atoms with Crippen LogP contribution in [0, 0.1) is 5.92 Å². The average Bonchev–Trinajstić information content (AvgIpc) is 3.34. The lowest BCUT2D eigenvalue weighted by Crippen LogP contribution is -2.51. The molecule has 0 unspecified atom stereocenters. The number of rotatable bonds is 5. The SMILES string of the molecule is O=C(c1ccco1)N1CCC(C(=O)N2CCN(Cc3ccc(OC(F)(F)F)cc3)CC2)CC1. The van der Waals surface area contributed by atoms with Gasteiger partial charge in [0.05, 0.1) is 6.26 Å². The summed E-state index contributed by atoms with van der Waals surface area (Å²) in [6, 6.07) is 9.19. The predicted octanol–water partition coefficient (Wildman–Crippen LogP) is 3.37. The molecule has 1 aromatic heterocycles. The van der Waals surface area contributed by atoms with E-state index in [1.54, 1.807) is 29.2 Å². The second kappa shape index (κ2) is 9.86. The van der Waals surface area contributed by atoms with Crippen LogP contribution >= 0.6 is 0 Å². The molecule has 4 rings (SSSR count). The first-order valence-electron chi connectivity index (χ1n) is 11.0. The number of piperazine rings is 1. The van der Waals surface area contributed by atoms with Crippen molar-refractivity contribution < 1.29 is 31.9 Å². The Bertz CT molecular complexity index is 931. The summed E-state index contributed by atoms with van der Waals surface area (Å²) in [6.45, 7) is 4.28. The van der Waals surface area contributed by atoms with Crippen molar-refractivity contribution in [2.24, 2.45) is 5.92 Å². The summed E-state index contributed by atoms with van der Waals surface area (Å²) in [5.41, 5.74) is 0.887. The summed E-state index contributed by atoms with van der Waals surface area (Å²) in [7, 11) is 0. The fourth-order valence-electron chi connectivity index (χ4n) is 4.32. The Balaban J connectivity index is 1.20. The monoisotopic (exact) mass is 465 g/mol. The highest BCUT2D eigenvalue weighted by Crippen LogP contribution is 2.24. The Hall–Kier alpha value is -3.01. The molecule has 2 fully saturated rings. The summed E-state index contributed by atoms with van der Waals surface area (Å²) in [4.78, 5) is 31.1. The molecule has 33 heavy (non-hydrogen) atoms. The second-order valence-corrected chi connectivity index (χ2v) is 8.34. The molecule has 0 N–H and O–H groups in total. The van der Waals surface area contributed by atoms with E-state index < -0.39 is 6.36 Å². The molecule has 2 aliphatic heterocycles. The van der Waals surface area contributed by atoms with Gasteiger partial charge in [-0.3, -0.25) is 14.5 Å². The Morgan fingerprint density at radius 3 is 2.18 bits per heavy atom. The zero-order valence-corrected chi connectivity index (χ0v) is 18.1. The van der Waals surface area contributed by atoms with Crippen LogP contribution in [0.5, 0.6) is 5.75 Å². The molecule has 3 heterocycles. The van der Waals surface area contributed by atoms with Gasteiger partial charge in [-0.05, 0) is 42.7 Å². The van der Waals surface area contributed by atoms with E-state index in [1.165, 1.54) is 18.4 Å². The Labute approximate surface area is 189 Å². The molecular weight excluding hydrogens is 439 g/mol. The van der Waals surface area contributed by atoms with E-state index in [9.17, 15) is 22.8 Å². The Morgan fingerprint density at radius 1 is 0.939 bits per heavy atom. The lowest BCUT2D eigenvalue weighted by Gasteiger charge is -2.38. The third-order valence-electron chi connectivity index (χ3n) is 6.11. The number of benzene rings is 1. The maximum Gasteiger partial charge on any atom is 0.573 e. The number of nitrogens with zero attached hydrogens (tertiary/aromatic N) is 3. The molecular formula is C23H26F3N3O4. The summed E-state index contributed by atoms with van der Waals surface area (Å²) < 4.78 is 45.9. The highest BCUT2D eigenvalue weighted by Gasteiger charge is 2.33. The molecule has 10 heteroatoms. The number of carbonyl (C=O) groups is 2. The highest BCUT2D eigenvalue weighted by atomic mass is 19.4. The van der Waals surface area contributed by atoms with Gasteiger partial charge in [0.15, 0.2) is 5.76 Å². The lowest BCUT2D eigenvalue weighted by atomic mass is 9.94. The predicted molar refractivity (Wildman–Crippen MR) is 112 cm³/mol. The van der Waals surface area contributed by atoms with Crippen LogP contribution in [0.2, 0.25) is 0 Å². The minimum absolute atomic E-state index is 0.0848. The molecule has 2 saturated heterocycles. The van der Waals surface area contributed by atoms with Gasteiger partial charge in [-0.15, -0.1) is 13.2 Å². The van der Waals surface area contributed by atoms with Gasteiger partial charge in [0.25, 0.3) is 5.91 Å². The van der Waals surface area contributed by atoms with Crippen molar-refractivity contribution in [2.45, 2.75) is 25.7 Å². The van der Waals surface area contributed by atoms with Crippen LogP contribution in [0.25, 0.3) is 0 Å². The molecule has 0 radical (unpaired) electrons. The summed E-state index contributed by atoms with van der Waals surface area (Å²) >= 11 is 0.